The van der Waals surface area contributed by atoms with E-state index in [9.17, 15) is 0 Å². The van der Waals surface area contributed by atoms with Crippen LogP contribution in [-0.4, -0.2) is 26.4 Å². The number of aryl methyl sites for hydroxylation is 2. The SMILES string of the molecule is c1ccc2c(c1)CCc1ccccc1C1(OCCO1)C21OCCO1. The van der Waals surface area contributed by atoms with Crippen LogP contribution in [0.25, 0.3) is 0 Å². The van der Waals surface area contributed by atoms with Crippen molar-refractivity contribution in [1.82, 2.24) is 0 Å². The molecule has 2 aromatic rings. The van der Waals surface area contributed by atoms with Crippen LogP contribution in [0.1, 0.15) is 22.3 Å². The summed E-state index contributed by atoms with van der Waals surface area (Å²) in [6.45, 7) is 2.13. The van der Waals surface area contributed by atoms with E-state index in [4.69, 9.17) is 18.9 Å². The van der Waals surface area contributed by atoms with E-state index < -0.39 is 11.6 Å². The second-order valence-electron chi connectivity index (χ2n) is 6.44. The van der Waals surface area contributed by atoms with E-state index in [2.05, 4.69) is 36.4 Å². The molecule has 3 aliphatic rings. The summed E-state index contributed by atoms with van der Waals surface area (Å²) in [6.07, 6.45) is 1.88. The Balaban J connectivity index is 1.83. The van der Waals surface area contributed by atoms with E-state index in [0.29, 0.717) is 26.4 Å². The van der Waals surface area contributed by atoms with Crippen molar-refractivity contribution in [3.05, 3.63) is 70.8 Å². The third-order valence-electron chi connectivity index (χ3n) is 5.23. The second-order valence-corrected chi connectivity index (χ2v) is 6.44. The molecule has 2 heterocycles. The summed E-state index contributed by atoms with van der Waals surface area (Å²) in [4.78, 5) is 0. The summed E-state index contributed by atoms with van der Waals surface area (Å²) >= 11 is 0. The van der Waals surface area contributed by atoms with Crippen molar-refractivity contribution in [2.75, 3.05) is 26.4 Å². The average Bonchev–Trinajstić information content (AvgIpc) is 3.30. The number of hydrogen-bond donors (Lipinski definition) is 0. The molecule has 4 nitrogen and oxygen atoms in total. The highest BCUT2D eigenvalue weighted by atomic mass is 16.8. The van der Waals surface area contributed by atoms with Crippen LogP contribution in [0, 0.1) is 0 Å². The van der Waals surface area contributed by atoms with E-state index in [1.54, 1.807) is 0 Å². The first kappa shape index (κ1) is 14.6. The molecule has 0 bridgehead atoms. The lowest BCUT2D eigenvalue weighted by Gasteiger charge is -2.45. The minimum Gasteiger partial charge on any atom is -0.339 e. The summed E-state index contributed by atoms with van der Waals surface area (Å²) in [5, 5.41) is 0. The summed E-state index contributed by atoms with van der Waals surface area (Å²) in [5.41, 5.74) is 4.51. The smallest absolute Gasteiger partial charge is 0.256 e. The average molecular weight is 324 g/mol. The van der Waals surface area contributed by atoms with E-state index in [-0.39, 0.29) is 0 Å². The van der Waals surface area contributed by atoms with Crippen LogP contribution >= 0.6 is 0 Å². The quantitative estimate of drug-likeness (QED) is 0.747. The summed E-state index contributed by atoms with van der Waals surface area (Å²) in [5.74, 6) is -2.09. The van der Waals surface area contributed by atoms with Gasteiger partial charge in [-0.15, -0.1) is 0 Å². The van der Waals surface area contributed by atoms with Gasteiger partial charge in [0.25, 0.3) is 11.6 Å². The van der Waals surface area contributed by atoms with E-state index in [1.807, 2.05) is 12.1 Å². The lowest BCUT2D eigenvalue weighted by molar-refractivity contribution is -0.365. The number of ether oxygens (including phenoxy) is 4. The molecular formula is C20H20O4. The van der Waals surface area contributed by atoms with Gasteiger partial charge in [-0.1, -0.05) is 48.5 Å². The Morgan fingerprint density at radius 1 is 0.542 bits per heavy atom. The van der Waals surface area contributed by atoms with Crippen molar-refractivity contribution in [3.8, 4) is 0 Å². The van der Waals surface area contributed by atoms with E-state index in [1.165, 1.54) is 11.1 Å². The first-order chi connectivity index (χ1) is 11.9. The second kappa shape index (κ2) is 5.39. The van der Waals surface area contributed by atoms with Crippen molar-refractivity contribution in [1.29, 1.82) is 0 Å². The lowest BCUT2D eigenvalue weighted by Crippen LogP contribution is -2.53. The molecule has 0 saturated carbocycles. The molecule has 124 valence electrons. The highest BCUT2D eigenvalue weighted by Crippen LogP contribution is 2.54. The van der Waals surface area contributed by atoms with Gasteiger partial charge in [-0.05, 0) is 24.0 Å². The molecule has 2 saturated heterocycles. The highest BCUT2D eigenvalue weighted by molar-refractivity contribution is 5.43. The first-order valence-corrected chi connectivity index (χ1v) is 8.58. The highest BCUT2D eigenvalue weighted by Gasteiger charge is 2.64. The molecule has 2 fully saturated rings. The molecule has 0 unspecified atom stereocenters. The maximum Gasteiger partial charge on any atom is 0.256 e. The van der Waals surface area contributed by atoms with Gasteiger partial charge in [0.1, 0.15) is 0 Å². The fourth-order valence-electron chi connectivity index (χ4n) is 4.26. The molecular weight excluding hydrogens is 304 g/mol. The Kier molecular flexibility index (Phi) is 3.28. The van der Waals surface area contributed by atoms with Gasteiger partial charge in [0.05, 0.1) is 26.4 Å². The van der Waals surface area contributed by atoms with Gasteiger partial charge in [0.2, 0.25) is 0 Å². The van der Waals surface area contributed by atoms with E-state index in [0.717, 1.165) is 24.0 Å². The molecule has 5 rings (SSSR count). The predicted octanol–water partition coefficient (Wildman–Crippen LogP) is 2.88. The zero-order valence-electron chi connectivity index (χ0n) is 13.5. The molecule has 0 N–H and O–H groups in total. The molecule has 1 aliphatic carbocycles. The fourth-order valence-corrected chi connectivity index (χ4v) is 4.26. The van der Waals surface area contributed by atoms with Crippen LogP contribution in [-0.2, 0) is 43.4 Å². The van der Waals surface area contributed by atoms with Crippen LogP contribution in [0.2, 0.25) is 0 Å². The molecule has 2 aromatic carbocycles. The number of benzene rings is 2. The van der Waals surface area contributed by atoms with Gasteiger partial charge >= 0.3 is 0 Å². The minimum atomic E-state index is -1.05. The topological polar surface area (TPSA) is 36.9 Å². The van der Waals surface area contributed by atoms with Crippen molar-refractivity contribution in [3.63, 3.8) is 0 Å². The van der Waals surface area contributed by atoms with Crippen LogP contribution in [0.15, 0.2) is 48.5 Å². The van der Waals surface area contributed by atoms with Gasteiger partial charge in [-0.25, -0.2) is 0 Å². The minimum absolute atomic E-state index is 0.533. The summed E-state index contributed by atoms with van der Waals surface area (Å²) < 4.78 is 25.1. The van der Waals surface area contributed by atoms with Crippen molar-refractivity contribution >= 4 is 0 Å². The monoisotopic (exact) mass is 324 g/mol. The van der Waals surface area contributed by atoms with Gasteiger partial charge in [0, 0.05) is 11.1 Å². The van der Waals surface area contributed by atoms with Gasteiger partial charge < -0.3 is 18.9 Å². The lowest BCUT2D eigenvalue weighted by atomic mass is 9.80. The molecule has 24 heavy (non-hydrogen) atoms. The molecule has 0 amide bonds. The van der Waals surface area contributed by atoms with Crippen LogP contribution in [0.5, 0.6) is 0 Å². The normalized spacial score (nSPS) is 23.7. The molecule has 4 heteroatoms. The van der Waals surface area contributed by atoms with Crippen molar-refractivity contribution in [2.45, 2.75) is 24.4 Å². The largest absolute Gasteiger partial charge is 0.339 e. The Bertz CT molecular complexity index is 692. The third kappa shape index (κ3) is 1.82. The Morgan fingerprint density at radius 3 is 1.33 bits per heavy atom. The number of hydrogen-bond acceptors (Lipinski definition) is 4. The maximum atomic E-state index is 6.27. The maximum absolute atomic E-state index is 6.27. The fraction of sp³-hybridized carbons (Fsp3) is 0.400. The summed E-state index contributed by atoms with van der Waals surface area (Å²) in [7, 11) is 0. The molecule has 0 radical (unpaired) electrons. The van der Waals surface area contributed by atoms with E-state index >= 15 is 0 Å². The Hall–Kier alpha value is -1.72. The molecule has 2 spiro atoms. The predicted molar refractivity (Wildman–Crippen MR) is 87.5 cm³/mol. The Labute approximate surface area is 141 Å². The standard InChI is InChI=1S/C20H20O4/c1-3-7-17-15(5-1)9-10-16-6-2-4-8-18(16)20(23-13-14-24-20)19(17)21-11-12-22-19/h1-8H,9-14H2. The van der Waals surface area contributed by atoms with Gasteiger partial charge in [-0.2, -0.15) is 0 Å². The summed E-state index contributed by atoms with van der Waals surface area (Å²) in [6, 6.07) is 16.7. The molecule has 2 aliphatic heterocycles. The molecule has 0 aromatic heterocycles. The zero-order chi connectivity index (χ0) is 16.0. The van der Waals surface area contributed by atoms with Gasteiger partial charge in [-0.3, -0.25) is 0 Å². The Morgan fingerprint density at radius 2 is 0.917 bits per heavy atom. The van der Waals surface area contributed by atoms with Crippen LogP contribution in [0.3, 0.4) is 0 Å². The first-order valence-electron chi connectivity index (χ1n) is 8.58. The third-order valence-corrected chi connectivity index (χ3v) is 5.23. The van der Waals surface area contributed by atoms with Gasteiger partial charge in [0.15, 0.2) is 0 Å². The van der Waals surface area contributed by atoms with Crippen molar-refractivity contribution in [2.24, 2.45) is 0 Å². The number of rotatable bonds is 0. The van der Waals surface area contributed by atoms with Crippen LogP contribution in [0.4, 0.5) is 0 Å². The van der Waals surface area contributed by atoms with Crippen LogP contribution < -0.4 is 0 Å². The number of fused-ring (bicyclic) bond motifs is 5. The zero-order valence-corrected chi connectivity index (χ0v) is 13.5. The van der Waals surface area contributed by atoms with Crippen molar-refractivity contribution < 1.29 is 18.9 Å². The molecule has 0 atom stereocenters.